The lowest BCUT2D eigenvalue weighted by molar-refractivity contribution is -0.856. The molecule has 1 aromatic carbocycles. The molecule has 0 aliphatic heterocycles. The number of rotatable bonds is 5. The molecule has 0 spiro atoms. The first-order valence-corrected chi connectivity index (χ1v) is 8.79. The van der Waals surface area contributed by atoms with Crippen molar-refractivity contribution in [1.82, 2.24) is 4.98 Å². The Hall–Kier alpha value is -2.18. The summed E-state index contributed by atoms with van der Waals surface area (Å²) < 4.78 is 6.41. The van der Waals surface area contributed by atoms with Crippen molar-refractivity contribution in [3.8, 4) is 0 Å². The van der Waals surface area contributed by atoms with E-state index < -0.39 is 0 Å². The Balaban J connectivity index is 2.01. The van der Waals surface area contributed by atoms with E-state index in [0.29, 0.717) is 12.3 Å². The number of carbonyl (C=O) groups excluding carboxylic acids is 1. The Morgan fingerprint density at radius 3 is 2.79 bits per heavy atom. The Bertz CT molecular complexity index is 853. The van der Waals surface area contributed by atoms with Gasteiger partial charge in [-0.05, 0) is 43.2 Å². The summed E-state index contributed by atoms with van der Waals surface area (Å²) in [4.78, 5) is 20.6. The van der Waals surface area contributed by atoms with Gasteiger partial charge in [-0.3, -0.25) is 9.69 Å². The fourth-order valence-corrected chi connectivity index (χ4v) is 3.79. The van der Waals surface area contributed by atoms with Crippen molar-refractivity contribution in [1.29, 1.82) is 0 Å². The maximum absolute atomic E-state index is 12.8. The molecule has 6 heteroatoms. The lowest BCUT2D eigenvalue weighted by Crippen LogP contribution is -3.06. The number of thiazole rings is 1. The van der Waals surface area contributed by atoms with Gasteiger partial charge in [0.1, 0.15) is 0 Å². The third-order valence-electron chi connectivity index (χ3n) is 3.86. The average molecular weight is 344 g/mol. The first-order chi connectivity index (χ1) is 11.5. The topological polar surface area (TPSA) is 50.8 Å². The number of fused-ring (bicyclic) bond motifs is 1. The number of quaternary nitrogens is 1. The molecule has 3 aromatic rings. The van der Waals surface area contributed by atoms with Crippen LogP contribution in [0.15, 0.2) is 34.9 Å². The van der Waals surface area contributed by atoms with E-state index in [1.54, 1.807) is 28.4 Å². The van der Waals surface area contributed by atoms with Crippen molar-refractivity contribution in [3.05, 3.63) is 47.4 Å². The van der Waals surface area contributed by atoms with Crippen LogP contribution in [0.1, 0.15) is 21.7 Å². The maximum Gasteiger partial charge on any atom is 0.295 e. The highest BCUT2D eigenvalue weighted by molar-refractivity contribution is 7.22. The fraction of sp³-hybridized carbons (Fsp3) is 0.333. The smallest absolute Gasteiger partial charge is 0.295 e. The summed E-state index contributed by atoms with van der Waals surface area (Å²) in [7, 11) is 4.14. The lowest BCUT2D eigenvalue weighted by atomic mass is 10.1. The quantitative estimate of drug-likeness (QED) is 0.773. The standard InChI is InChI=1S/C18H21N3O2S/c1-12-10-13(2)16-15(11-12)24-18(19-16)21(8-7-20(3)4)17(22)14-6-5-9-23-14/h5-6,9-11H,7-8H2,1-4H3/p+1. The number of furan rings is 1. The number of hydrogen-bond donors (Lipinski definition) is 1. The summed E-state index contributed by atoms with van der Waals surface area (Å²) >= 11 is 1.55. The monoisotopic (exact) mass is 344 g/mol. The van der Waals surface area contributed by atoms with Gasteiger partial charge in [-0.2, -0.15) is 0 Å². The van der Waals surface area contributed by atoms with E-state index in [4.69, 9.17) is 9.40 Å². The Morgan fingerprint density at radius 2 is 2.12 bits per heavy atom. The van der Waals surface area contributed by atoms with E-state index in [1.807, 2.05) is 0 Å². The van der Waals surface area contributed by atoms with E-state index in [9.17, 15) is 4.79 Å². The zero-order valence-electron chi connectivity index (χ0n) is 14.4. The summed E-state index contributed by atoms with van der Waals surface area (Å²) in [6, 6.07) is 7.67. The van der Waals surface area contributed by atoms with Gasteiger partial charge in [-0.25, -0.2) is 4.98 Å². The lowest BCUT2D eigenvalue weighted by Gasteiger charge is -2.19. The van der Waals surface area contributed by atoms with Crippen molar-refractivity contribution in [2.75, 3.05) is 32.1 Å². The van der Waals surface area contributed by atoms with Crippen LogP contribution in [0.4, 0.5) is 5.13 Å². The summed E-state index contributed by atoms with van der Waals surface area (Å²) in [6.07, 6.45) is 1.52. The number of hydrogen-bond acceptors (Lipinski definition) is 4. The molecule has 2 heterocycles. The molecule has 2 aromatic heterocycles. The van der Waals surface area contributed by atoms with Gasteiger partial charge in [-0.1, -0.05) is 17.4 Å². The number of amides is 1. The number of aromatic nitrogens is 1. The van der Waals surface area contributed by atoms with Crippen LogP contribution >= 0.6 is 11.3 Å². The molecule has 0 saturated heterocycles. The first-order valence-electron chi connectivity index (χ1n) is 7.98. The second-order valence-electron chi connectivity index (χ2n) is 6.32. The van der Waals surface area contributed by atoms with Gasteiger partial charge >= 0.3 is 0 Å². The first kappa shape index (κ1) is 16.7. The summed E-state index contributed by atoms with van der Waals surface area (Å²) in [6.45, 7) is 5.56. The largest absolute Gasteiger partial charge is 0.459 e. The van der Waals surface area contributed by atoms with E-state index in [2.05, 4.69) is 40.1 Å². The van der Waals surface area contributed by atoms with Crippen molar-refractivity contribution < 1.29 is 14.1 Å². The molecule has 1 amide bonds. The normalized spacial score (nSPS) is 11.4. The third kappa shape index (κ3) is 3.34. The van der Waals surface area contributed by atoms with Gasteiger partial charge in [-0.15, -0.1) is 0 Å². The Kier molecular flexibility index (Phi) is 4.69. The Morgan fingerprint density at radius 1 is 1.33 bits per heavy atom. The van der Waals surface area contributed by atoms with Crippen LogP contribution in [-0.4, -0.2) is 38.1 Å². The van der Waals surface area contributed by atoms with E-state index in [1.165, 1.54) is 16.7 Å². The van der Waals surface area contributed by atoms with Crippen LogP contribution in [0.5, 0.6) is 0 Å². The summed E-state index contributed by atoms with van der Waals surface area (Å²) in [5.74, 6) is 0.200. The van der Waals surface area contributed by atoms with Crippen molar-refractivity contribution in [2.45, 2.75) is 13.8 Å². The number of nitrogens with zero attached hydrogens (tertiary/aromatic N) is 2. The minimum Gasteiger partial charge on any atom is -0.459 e. The van der Waals surface area contributed by atoms with Crippen LogP contribution in [-0.2, 0) is 0 Å². The predicted octanol–water partition coefficient (Wildman–Crippen LogP) is 2.30. The maximum atomic E-state index is 12.8. The molecule has 0 saturated carbocycles. The van der Waals surface area contributed by atoms with E-state index >= 15 is 0 Å². The minimum absolute atomic E-state index is 0.144. The fourth-order valence-electron chi connectivity index (χ4n) is 2.63. The molecular weight excluding hydrogens is 322 g/mol. The molecule has 5 nitrogen and oxygen atoms in total. The molecule has 0 fully saturated rings. The second-order valence-corrected chi connectivity index (χ2v) is 7.33. The Labute approximate surface area is 145 Å². The van der Waals surface area contributed by atoms with Crippen LogP contribution in [0.2, 0.25) is 0 Å². The van der Waals surface area contributed by atoms with Gasteiger partial charge < -0.3 is 9.32 Å². The molecule has 0 aliphatic carbocycles. The molecule has 0 unspecified atom stereocenters. The second kappa shape index (κ2) is 6.75. The SMILES string of the molecule is Cc1cc(C)c2nc(N(CC[NH+](C)C)C(=O)c3ccco3)sc2c1. The number of anilines is 1. The molecule has 126 valence electrons. The molecule has 1 N–H and O–H groups in total. The van der Waals surface area contributed by atoms with Gasteiger partial charge in [0, 0.05) is 0 Å². The van der Waals surface area contributed by atoms with Gasteiger partial charge in [0.15, 0.2) is 10.9 Å². The molecule has 0 bridgehead atoms. The minimum atomic E-state index is -0.144. The molecule has 0 radical (unpaired) electrons. The molecule has 24 heavy (non-hydrogen) atoms. The zero-order chi connectivity index (χ0) is 17.3. The summed E-state index contributed by atoms with van der Waals surface area (Å²) in [5, 5.41) is 0.723. The van der Waals surface area contributed by atoms with Gasteiger partial charge in [0.05, 0.1) is 43.7 Å². The number of benzene rings is 1. The van der Waals surface area contributed by atoms with Gasteiger partial charge in [0.25, 0.3) is 5.91 Å². The predicted molar refractivity (Wildman–Crippen MR) is 97.2 cm³/mol. The van der Waals surface area contributed by atoms with E-state index in [-0.39, 0.29) is 5.91 Å². The molecule has 3 rings (SSSR count). The van der Waals surface area contributed by atoms with Gasteiger partial charge in [0.2, 0.25) is 0 Å². The van der Waals surface area contributed by atoms with Crippen LogP contribution in [0.3, 0.4) is 0 Å². The highest BCUT2D eigenvalue weighted by Gasteiger charge is 2.24. The van der Waals surface area contributed by atoms with Crippen molar-refractivity contribution in [2.24, 2.45) is 0 Å². The van der Waals surface area contributed by atoms with Crippen LogP contribution < -0.4 is 9.80 Å². The third-order valence-corrected chi connectivity index (χ3v) is 4.89. The molecular formula is C18H22N3O2S+. The van der Waals surface area contributed by atoms with Crippen LogP contribution in [0.25, 0.3) is 10.2 Å². The number of aryl methyl sites for hydroxylation is 2. The average Bonchev–Trinajstić information content (AvgIpc) is 3.16. The van der Waals surface area contributed by atoms with E-state index in [0.717, 1.165) is 27.5 Å². The van der Waals surface area contributed by atoms with Crippen LogP contribution in [0, 0.1) is 13.8 Å². The zero-order valence-corrected chi connectivity index (χ0v) is 15.2. The summed E-state index contributed by atoms with van der Waals surface area (Å²) in [5.41, 5.74) is 3.31. The highest BCUT2D eigenvalue weighted by atomic mass is 32.1. The highest BCUT2D eigenvalue weighted by Crippen LogP contribution is 2.32. The number of nitrogens with one attached hydrogen (secondary N) is 1. The number of likely N-dealkylation sites (N-methyl/N-ethyl adjacent to an activating group) is 1. The molecule has 0 aliphatic rings. The van der Waals surface area contributed by atoms with Crippen molar-refractivity contribution in [3.63, 3.8) is 0 Å². The van der Waals surface area contributed by atoms with Crippen molar-refractivity contribution >= 4 is 32.6 Å². The molecule has 0 atom stereocenters. The number of carbonyl (C=O) groups is 1.